The molecule has 0 aromatic carbocycles. The molecular formula is C10H11Cl2N3O2S2. The molecule has 0 saturated carbocycles. The zero-order chi connectivity index (χ0) is 13.9. The Balaban J connectivity index is 1.82. The number of hydrogen-bond donors (Lipinski definition) is 1. The Kier molecular flexibility index (Phi) is 4.86. The van der Waals surface area contributed by atoms with Crippen LogP contribution < -0.4 is 4.72 Å². The van der Waals surface area contributed by atoms with E-state index < -0.39 is 10.0 Å². The summed E-state index contributed by atoms with van der Waals surface area (Å²) < 4.78 is 28.6. The molecule has 2 aromatic rings. The molecule has 5 nitrogen and oxygen atoms in total. The van der Waals surface area contributed by atoms with Crippen molar-refractivity contribution in [1.29, 1.82) is 0 Å². The van der Waals surface area contributed by atoms with Gasteiger partial charge < -0.3 is 0 Å². The van der Waals surface area contributed by atoms with Gasteiger partial charge in [0, 0.05) is 19.3 Å². The molecule has 0 radical (unpaired) electrons. The van der Waals surface area contributed by atoms with E-state index in [9.17, 15) is 8.42 Å². The van der Waals surface area contributed by atoms with E-state index in [-0.39, 0.29) is 4.21 Å². The SMILES string of the molecule is O=S(=O)(NCCCn1cc(Cl)cn1)c1ccc(Cl)s1. The number of sulfonamides is 1. The van der Waals surface area contributed by atoms with Gasteiger partial charge in [0.15, 0.2) is 0 Å². The number of rotatable bonds is 6. The monoisotopic (exact) mass is 339 g/mol. The summed E-state index contributed by atoms with van der Waals surface area (Å²) in [6, 6.07) is 3.05. The van der Waals surface area contributed by atoms with E-state index >= 15 is 0 Å². The maximum Gasteiger partial charge on any atom is 0.250 e. The van der Waals surface area contributed by atoms with Crippen molar-refractivity contribution in [1.82, 2.24) is 14.5 Å². The smallest absolute Gasteiger partial charge is 0.250 e. The lowest BCUT2D eigenvalue weighted by atomic mass is 10.4. The average molecular weight is 340 g/mol. The van der Waals surface area contributed by atoms with Crippen molar-refractivity contribution < 1.29 is 8.42 Å². The van der Waals surface area contributed by atoms with Crippen LogP contribution in [0.15, 0.2) is 28.7 Å². The van der Waals surface area contributed by atoms with Gasteiger partial charge in [-0.25, -0.2) is 13.1 Å². The van der Waals surface area contributed by atoms with Crippen molar-refractivity contribution in [3.63, 3.8) is 0 Å². The first-order chi connectivity index (χ1) is 8.97. The number of nitrogens with zero attached hydrogens (tertiary/aromatic N) is 2. The maximum atomic E-state index is 11.9. The Labute approximate surface area is 125 Å². The highest BCUT2D eigenvalue weighted by Gasteiger charge is 2.15. The zero-order valence-electron chi connectivity index (χ0n) is 9.71. The number of nitrogens with one attached hydrogen (secondary N) is 1. The molecule has 0 amide bonds. The minimum absolute atomic E-state index is 0.222. The highest BCUT2D eigenvalue weighted by Crippen LogP contribution is 2.25. The van der Waals surface area contributed by atoms with Gasteiger partial charge >= 0.3 is 0 Å². The van der Waals surface area contributed by atoms with E-state index in [4.69, 9.17) is 23.2 Å². The van der Waals surface area contributed by atoms with Gasteiger partial charge in [-0.2, -0.15) is 5.10 Å². The average Bonchev–Trinajstić information content (AvgIpc) is 2.94. The summed E-state index contributed by atoms with van der Waals surface area (Å²) in [4.78, 5) is 0. The fourth-order valence-corrected chi connectivity index (χ4v) is 4.18. The van der Waals surface area contributed by atoms with Crippen LogP contribution in [0.2, 0.25) is 9.36 Å². The fourth-order valence-electron chi connectivity index (χ4n) is 1.42. The topological polar surface area (TPSA) is 64.0 Å². The Morgan fingerprint density at radius 3 is 2.74 bits per heavy atom. The van der Waals surface area contributed by atoms with Crippen LogP contribution in [0.5, 0.6) is 0 Å². The first-order valence-electron chi connectivity index (χ1n) is 5.40. The van der Waals surface area contributed by atoms with Crippen LogP contribution in [0.4, 0.5) is 0 Å². The molecule has 0 aliphatic rings. The molecule has 19 heavy (non-hydrogen) atoms. The third kappa shape index (κ3) is 4.19. The fraction of sp³-hybridized carbons (Fsp3) is 0.300. The molecule has 2 aromatic heterocycles. The van der Waals surface area contributed by atoms with Crippen LogP contribution in [0.3, 0.4) is 0 Å². The highest BCUT2D eigenvalue weighted by atomic mass is 35.5. The molecule has 2 rings (SSSR count). The Morgan fingerprint density at radius 2 is 2.16 bits per heavy atom. The van der Waals surface area contributed by atoms with Crippen molar-refractivity contribution >= 4 is 44.6 Å². The van der Waals surface area contributed by atoms with Gasteiger partial charge in [0.1, 0.15) is 4.21 Å². The van der Waals surface area contributed by atoms with Crippen molar-refractivity contribution in [2.24, 2.45) is 0 Å². The summed E-state index contributed by atoms with van der Waals surface area (Å²) in [6.07, 6.45) is 3.85. The molecule has 0 fully saturated rings. The Bertz CT molecular complexity index is 651. The van der Waals surface area contributed by atoms with Gasteiger partial charge in [-0.15, -0.1) is 11.3 Å². The molecule has 0 spiro atoms. The molecule has 104 valence electrons. The van der Waals surface area contributed by atoms with Gasteiger partial charge in [0.05, 0.1) is 15.6 Å². The van der Waals surface area contributed by atoms with Gasteiger partial charge in [-0.3, -0.25) is 4.68 Å². The van der Waals surface area contributed by atoms with E-state index in [1.54, 1.807) is 23.1 Å². The number of aryl methyl sites for hydroxylation is 1. The van der Waals surface area contributed by atoms with E-state index in [0.717, 1.165) is 11.3 Å². The number of hydrogen-bond acceptors (Lipinski definition) is 4. The summed E-state index contributed by atoms with van der Waals surface area (Å²) in [5.74, 6) is 0. The Morgan fingerprint density at radius 1 is 1.37 bits per heavy atom. The lowest BCUT2D eigenvalue weighted by molar-refractivity contribution is 0.554. The first-order valence-corrected chi connectivity index (χ1v) is 8.46. The van der Waals surface area contributed by atoms with Crippen molar-refractivity contribution in [3.8, 4) is 0 Å². The second kappa shape index (κ2) is 6.23. The summed E-state index contributed by atoms with van der Waals surface area (Å²) >= 11 is 12.5. The summed E-state index contributed by atoms with van der Waals surface area (Å²) in [7, 11) is -3.46. The molecule has 0 aliphatic heterocycles. The minimum Gasteiger partial charge on any atom is -0.271 e. The lowest BCUT2D eigenvalue weighted by Gasteiger charge is -2.04. The quantitative estimate of drug-likeness (QED) is 0.822. The van der Waals surface area contributed by atoms with Crippen molar-refractivity contribution in [3.05, 3.63) is 33.9 Å². The molecule has 0 aliphatic carbocycles. The van der Waals surface area contributed by atoms with Gasteiger partial charge in [-0.05, 0) is 18.6 Å². The molecular weight excluding hydrogens is 329 g/mol. The molecule has 9 heteroatoms. The van der Waals surface area contributed by atoms with Crippen LogP contribution in [-0.2, 0) is 16.6 Å². The largest absolute Gasteiger partial charge is 0.271 e. The van der Waals surface area contributed by atoms with Crippen LogP contribution in [-0.4, -0.2) is 24.7 Å². The molecule has 0 saturated heterocycles. The van der Waals surface area contributed by atoms with Crippen LogP contribution in [0.25, 0.3) is 0 Å². The summed E-state index contributed by atoms with van der Waals surface area (Å²) in [6.45, 7) is 0.926. The van der Waals surface area contributed by atoms with Crippen LogP contribution >= 0.6 is 34.5 Å². The van der Waals surface area contributed by atoms with Crippen LogP contribution in [0.1, 0.15) is 6.42 Å². The zero-order valence-corrected chi connectivity index (χ0v) is 12.9. The number of thiophene rings is 1. The van der Waals surface area contributed by atoms with Crippen molar-refractivity contribution in [2.75, 3.05) is 6.54 Å². The molecule has 1 N–H and O–H groups in total. The molecule has 2 heterocycles. The van der Waals surface area contributed by atoms with E-state index in [1.165, 1.54) is 6.07 Å². The number of aromatic nitrogens is 2. The predicted molar refractivity (Wildman–Crippen MR) is 76.4 cm³/mol. The highest BCUT2D eigenvalue weighted by molar-refractivity contribution is 7.91. The normalized spacial score (nSPS) is 11.9. The third-order valence-electron chi connectivity index (χ3n) is 2.27. The standard InChI is InChI=1S/C10H11Cl2N3O2S2/c11-8-6-13-15(7-8)5-1-4-14-19(16,17)10-3-2-9(12)18-10/h2-3,6-7,14H,1,4-5H2. The second-order valence-corrected chi connectivity index (χ2v) is 7.88. The van der Waals surface area contributed by atoms with Gasteiger partial charge in [-0.1, -0.05) is 23.2 Å². The third-order valence-corrected chi connectivity index (χ3v) is 5.65. The van der Waals surface area contributed by atoms with Gasteiger partial charge in [0.2, 0.25) is 10.0 Å². The van der Waals surface area contributed by atoms with Crippen LogP contribution in [0, 0.1) is 0 Å². The summed E-state index contributed by atoms with van der Waals surface area (Å²) in [5, 5.41) is 4.57. The second-order valence-electron chi connectivity index (χ2n) is 3.73. The van der Waals surface area contributed by atoms with Crippen molar-refractivity contribution in [2.45, 2.75) is 17.2 Å². The van der Waals surface area contributed by atoms with E-state index in [2.05, 4.69) is 9.82 Å². The van der Waals surface area contributed by atoms with Gasteiger partial charge in [0.25, 0.3) is 0 Å². The maximum absolute atomic E-state index is 11.9. The van der Waals surface area contributed by atoms with E-state index in [0.29, 0.717) is 28.9 Å². The molecule has 0 atom stereocenters. The first kappa shape index (κ1) is 14.8. The minimum atomic E-state index is -3.46. The predicted octanol–water partition coefficient (Wildman–Crippen LogP) is 2.62. The lowest BCUT2D eigenvalue weighted by Crippen LogP contribution is -2.24. The van der Waals surface area contributed by atoms with E-state index in [1.807, 2.05) is 0 Å². The molecule has 0 bridgehead atoms. The Hall–Kier alpha value is -0.600. The summed E-state index contributed by atoms with van der Waals surface area (Å²) in [5.41, 5.74) is 0. The number of halogens is 2. The molecule has 0 unspecified atom stereocenters.